The molecule has 0 bridgehead atoms. The Bertz CT molecular complexity index is 552. The number of hydrogen-bond acceptors (Lipinski definition) is 4. The van der Waals surface area contributed by atoms with Crippen LogP contribution in [0.3, 0.4) is 0 Å². The molecule has 82 valence electrons. The average molecular weight is 234 g/mol. The summed E-state index contributed by atoms with van der Waals surface area (Å²) in [5, 5.41) is 10.1. The van der Waals surface area contributed by atoms with Crippen molar-refractivity contribution in [2.75, 3.05) is 6.26 Å². The van der Waals surface area contributed by atoms with Crippen molar-refractivity contribution in [2.45, 2.75) is 5.16 Å². The van der Waals surface area contributed by atoms with Crippen LogP contribution in [0.2, 0.25) is 0 Å². The molecule has 1 heterocycles. The standard InChI is InChI=1S/C11H10N2O2S/c1-16-11-12-9(14)8(10(15)13-11)7-5-3-2-4-6-7/h2-6H,1H3,(H2,12,13,14,15). The molecule has 2 rings (SSSR count). The third kappa shape index (κ3) is 1.94. The molecule has 0 aliphatic carbocycles. The minimum atomic E-state index is -0.331. The molecule has 4 nitrogen and oxygen atoms in total. The second-order valence-corrected chi connectivity index (χ2v) is 3.93. The van der Waals surface area contributed by atoms with E-state index >= 15 is 0 Å². The lowest BCUT2D eigenvalue weighted by atomic mass is 10.1. The topological polar surface area (TPSA) is 66.0 Å². The summed E-state index contributed by atoms with van der Waals surface area (Å²) in [7, 11) is 0. The van der Waals surface area contributed by atoms with Crippen LogP contribution < -0.4 is 5.56 Å². The van der Waals surface area contributed by atoms with Crippen LogP contribution in [0.1, 0.15) is 0 Å². The minimum Gasteiger partial charge on any atom is -0.493 e. The van der Waals surface area contributed by atoms with Crippen molar-refractivity contribution in [3.05, 3.63) is 40.7 Å². The van der Waals surface area contributed by atoms with Gasteiger partial charge in [-0.05, 0) is 11.8 Å². The molecule has 0 aliphatic rings. The number of hydrogen-bond donors (Lipinski definition) is 2. The molecule has 0 radical (unpaired) electrons. The molecule has 2 aromatic rings. The third-order valence-electron chi connectivity index (χ3n) is 2.13. The lowest BCUT2D eigenvalue weighted by Crippen LogP contribution is -2.11. The van der Waals surface area contributed by atoms with E-state index in [1.165, 1.54) is 11.8 Å². The minimum absolute atomic E-state index is 0.207. The van der Waals surface area contributed by atoms with Gasteiger partial charge in [-0.15, -0.1) is 0 Å². The number of aromatic nitrogens is 2. The Labute approximate surface area is 96.4 Å². The highest BCUT2D eigenvalue weighted by Crippen LogP contribution is 2.24. The van der Waals surface area contributed by atoms with Gasteiger partial charge >= 0.3 is 0 Å². The van der Waals surface area contributed by atoms with Gasteiger partial charge in [0.2, 0.25) is 5.88 Å². The van der Waals surface area contributed by atoms with Crippen molar-refractivity contribution in [1.82, 2.24) is 9.97 Å². The maximum absolute atomic E-state index is 11.8. The van der Waals surface area contributed by atoms with Crippen LogP contribution in [0.25, 0.3) is 11.1 Å². The first-order valence-corrected chi connectivity index (χ1v) is 5.87. The third-order valence-corrected chi connectivity index (χ3v) is 2.71. The lowest BCUT2D eigenvalue weighted by molar-refractivity contribution is 0.446. The Morgan fingerprint density at radius 3 is 2.56 bits per heavy atom. The molecular formula is C11H10N2O2S. The normalized spacial score (nSPS) is 10.3. The highest BCUT2D eigenvalue weighted by Gasteiger charge is 2.11. The van der Waals surface area contributed by atoms with E-state index < -0.39 is 0 Å². The summed E-state index contributed by atoms with van der Waals surface area (Å²) in [6, 6.07) is 8.96. The van der Waals surface area contributed by atoms with E-state index in [1.54, 1.807) is 30.5 Å². The Balaban J connectivity index is 2.63. The Kier molecular flexibility index (Phi) is 2.96. The molecule has 0 saturated carbocycles. The zero-order chi connectivity index (χ0) is 11.5. The summed E-state index contributed by atoms with van der Waals surface area (Å²) in [4.78, 5) is 18.2. The van der Waals surface area contributed by atoms with E-state index in [4.69, 9.17) is 0 Å². The predicted molar refractivity (Wildman–Crippen MR) is 63.7 cm³/mol. The van der Waals surface area contributed by atoms with Gasteiger partial charge in [-0.3, -0.25) is 4.79 Å². The Hall–Kier alpha value is -1.75. The van der Waals surface area contributed by atoms with E-state index in [9.17, 15) is 9.90 Å². The van der Waals surface area contributed by atoms with Crippen LogP contribution in [0, 0.1) is 0 Å². The van der Waals surface area contributed by atoms with Gasteiger partial charge in [0, 0.05) is 0 Å². The molecule has 16 heavy (non-hydrogen) atoms. The SMILES string of the molecule is CSc1nc(O)c(-c2ccccc2)c(=O)[nH]1. The van der Waals surface area contributed by atoms with Gasteiger partial charge in [0.05, 0.1) is 0 Å². The van der Waals surface area contributed by atoms with E-state index in [-0.39, 0.29) is 17.0 Å². The van der Waals surface area contributed by atoms with Gasteiger partial charge in [0.15, 0.2) is 5.16 Å². The molecule has 0 amide bonds. The zero-order valence-electron chi connectivity index (χ0n) is 8.60. The highest BCUT2D eigenvalue weighted by atomic mass is 32.2. The number of benzene rings is 1. The van der Waals surface area contributed by atoms with Crippen LogP contribution in [-0.4, -0.2) is 21.3 Å². The van der Waals surface area contributed by atoms with E-state index in [0.717, 1.165) is 0 Å². The van der Waals surface area contributed by atoms with Gasteiger partial charge < -0.3 is 10.1 Å². The first-order valence-electron chi connectivity index (χ1n) is 4.65. The van der Waals surface area contributed by atoms with Gasteiger partial charge in [-0.2, -0.15) is 4.98 Å². The second kappa shape index (κ2) is 4.40. The molecule has 1 aromatic carbocycles. The van der Waals surface area contributed by atoms with Crippen LogP contribution in [-0.2, 0) is 0 Å². The number of nitrogens with zero attached hydrogens (tertiary/aromatic N) is 1. The van der Waals surface area contributed by atoms with Crippen molar-refractivity contribution >= 4 is 11.8 Å². The number of thioether (sulfide) groups is 1. The zero-order valence-corrected chi connectivity index (χ0v) is 9.41. The summed E-state index contributed by atoms with van der Waals surface area (Å²) in [6.45, 7) is 0. The van der Waals surface area contributed by atoms with E-state index in [1.807, 2.05) is 6.07 Å². The van der Waals surface area contributed by atoms with Crippen molar-refractivity contribution in [2.24, 2.45) is 0 Å². The number of nitrogens with one attached hydrogen (secondary N) is 1. The number of aromatic amines is 1. The van der Waals surface area contributed by atoms with Crippen LogP contribution >= 0.6 is 11.8 Å². The molecule has 5 heteroatoms. The van der Waals surface area contributed by atoms with Gasteiger partial charge in [0.1, 0.15) is 5.56 Å². The average Bonchev–Trinajstić information content (AvgIpc) is 2.29. The molecular weight excluding hydrogens is 224 g/mol. The van der Waals surface area contributed by atoms with Gasteiger partial charge in [-0.25, -0.2) is 0 Å². The maximum atomic E-state index is 11.8. The van der Waals surface area contributed by atoms with Gasteiger partial charge in [0.25, 0.3) is 5.56 Å². The Morgan fingerprint density at radius 1 is 1.31 bits per heavy atom. The largest absolute Gasteiger partial charge is 0.493 e. The molecule has 0 fully saturated rings. The van der Waals surface area contributed by atoms with Crippen LogP contribution in [0.5, 0.6) is 5.88 Å². The fourth-order valence-electron chi connectivity index (χ4n) is 1.40. The summed E-state index contributed by atoms with van der Waals surface area (Å²) in [5.41, 5.74) is 0.530. The number of aromatic hydroxyl groups is 1. The molecule has 1 aromatic heterocycles. The summed E-state index contributed by atoms with van der Waals surface area (Å²) < 4.78 is 0. The molecule has 0 atom stereocenters. The van der Waals surface area contributed by atoms with Crippen LogP contribution in [0.15, 0.2) is 40.3 Å². The highest BCUT2D eigenvalue weighted by molar-refractivity contribution is 7.98. The lowest BCUT2D eigenvalue weighted by Gasteiger charge is -2.04. The fourth-order valence-corrected chi connectivity index (χ4v) is 1.78. The van der Waals surface area contributed by atoms with Crippen LogP contribution in [0.4, 0.5) is 0 Å². The van der Waals surface area contributed by atoms with Crippen molar-refractivity contribution in [1.29, 1.82) is 0 Å². The summed E-state index contributed by atoms with van der Waals surface area (Å²) in [6.07, 6.45) is 1.78. The number of H-pyrrole nitrogens is 1. The van der Waals surface area contributed by atoms with E-state index in [0.29, 0.717) is 10.7 Å². The molecule has 0 spiro atoms. The van der Waals surface area contributed by atoms with Crippen molar-refractivity contribution < 1.29 is 5.11 Å². The first kappa shape index (κ1) is 10.8. The summed E-state index contributed by atoms with van der Waals surface area (Å²) in [5.74, 6) is -0.237. The molecule has 2 N–H and O–H groups in total. The van der Waals surface area contributed by atoms with E-state index in [2.05, 4.69) is 9.97 Å². The van der Waals surface area contributed by atoms with Crippen molar-refractivity contribution in [3.8, 4) is 17.0 Å². The number of rotatable bonds is 2. The second-order valence-electron chi connectivity index (χ2n) is 3.14. The predicted octanol–water partition coefficient (Wildman–Crippen LogP) is 1.86. The monoisotopic (exact) mass is 234 g/mol. The Morgan fingerprint density at radius 2 is 2.00 bits per heavy atom. The molecule has 0 aliphatic heterocycles. The van der Waals surface area contributed by atoms with Crippen molar-refractivity contribution in [3.63, 3.8) is 0 Å². The first-order chi connectivity index (χ1) is 7.72. The maximum Gasteiger partial charge on any atom is 0.263 e. The fraction of sp³-hybridized carbons (Fsp3) is 0.0909. The quantitative estimate of drug-likeness (QED) is 0.615. The smallest absolute Gasteiger partial charge is 0.263 e. The molecule has 0 saturated heterocycles. The molecule has 0 unspecified atom stereocenters. The summed E-state index contributed by atoms with van der Waals surface area (Å²) >= 11 is 1.27. The van der Waals surface area contributed by atoms with Gasteiger partial charge in [-0.1, -0.05) is 42.1 Å².